The predicted octanol–water partition coefficient (Wildman–Crippen LogP) is 3.39. The van der Waals surface area contributed by atoms with Crippen LogP contribution in [0.1, 0.15) is 22.2 Å². The summed E-state index contributed by atoms with van der Waals surface area (Å²) < 4.78 is 0.802. The van der Waals surface area contributed by atoms with E-state index in [1.54, 1.807) is 23.5 Å². The highest BCUT2D eigenvalue weighted by molar-refractivity contribution is 7.16. The molecule has 112 valence electrons. The van der Waals surface area contributed by atoms with Crippen LogP contribution in [0.25, 0.3) is 0 Å². The predicted molar refractivity (Wildman–Crippen MR) is 90.4 cm³/mol. The molecule has 0 aliphatic heterocycles. The molecule has 4 N–H and O–H groups in total. The third-order valence-corrected chi connectivity index (χ3v) is 4.26. The van der Waals surface area contributed by atoms with Crippen LogP contribution in [0.3, 0.4) is 0 Å². The summed E-state index contributed by atoms with van der Waals surface area (Å²) in [5, 5.41) is 6.03. The fourth-order valence-corrected chi connectivity index (χ4v) is 3.02. The summed E-state index contributed by atoms with van der Waals surface area (Å²) in [4.78, 5) is 12.9. The number of nitrogens with two attached hydrogens (primary N) is 1. The lowest BCUT2D eigenvalue weighted by molar-refractivity contribution is 0.0956. The zero-order valence-electron chi connectivity index (χ0n) is 11.8. The maximum absolute atomic E-state index is 11.7. The fourth-order valence-electron chi connectivity index (χ4n) is 1.93. The van der Waals surface area contributed by atoms with E-state index >= 15 is 0 Å². The van der Waals surface area contributed by atoms with Crippen LogP contribution < -0.4 is 16.4 Å². The van der Waals surface area contributed by atoms with Gasteiger partial charge in [-0.05, 0) is 43.7 Å². The summed E-state index contributed by atoms with van der Waals surface area (Å²) in [6, 6.07) is 9.22. The van der Waals surface area contributed by atoms with Crippen LogP contribution in [0.5, 0.6) is 0 Å². The molecule has 0 radical (unpaired) electrons. The standard InChI is InChI=1S/C15H18ClN3OS/c1-2-18-15(20)10-3-5-13(12(17)9-10)19-8-7-11-4-6-14(16)21-11/h3-6,9,19H,2,7-8,17H2,1H3,(H,18,20). The van der Waals surface area contributed by atoms with Gasteiger partial charge in [-0.2, -0.15) is 0 Å². The number of carbonyl (C=O) groups excluding carboxylic acids is 1. The van der Waals surface area contributed by atoms with Gasteiger partial charge in [-0.15, -0.1) is 11.3 Å². The average Bonchev–Trinajstić information content (AvgIpc) is 2.86. The van der Waals surface area contributed by atoms with E-state index in [9.17, 15) is 4.79 Å². The number of nitrogen functional groups attached to an aromatic ring is 1. The van der Waals surface area contributed by atoms with E-state index in [0.29, 0.717) is 17.8 Å². The fraction of sp³-hybridized carbons (Fsp3) is 0.267. The van der Waals surface area contributed by atoms with Gasteiger partial charge in [-0.3, -0.25) is 4.79 Å². The van der Waals surface area contributed by atoms with E-state index in [-0.39, 0.29) is 5.91 Å². The Kier molecular flexibility index (Phi) is 5.47. The van der Waals surface area contributed by atoms with Gasteiger partial charge in [-0.1, -0.05) is 11.6 Å². The van der Waals surface area contributed by atoms with Crippen molar-refractivity contribution in [3.05, 3.63) is 45.1 Å². The Hall–Kier alpha value is -1.72. The van der Waals surface area contributed by atoms with Crippen LogP contribution >= 0.6 is 22.9 Å². The van der Waals surface area contributed by atoms with Gasteiger partial charge < -0.3 is 16.4 Å². The van der Waals surface area contributed by atoms with Crippen molar-refractivity contribution in [2.24, 2.45) is 0 Å². The lowest BCUT2D eigenvalue weighted by Gasteiger charge is -2.10. The first-order valence-corrected chi connectivity index (χ1v) is 7.95. The van der Waals surface area contributed by atoms with Crippen LogP contribution in [-0.2, 0) is 6.42 Å². The van der Waals surface area contributed by atoms with Crippen molar-refractivity contribution in [3.8, 4) is 0 Å². The van der Waals surface area contributed by atoms with Gasteiger partial charge in [0.1, 0.15) is 0 Å². The minimum atomic E-state index is -0.107. The number of rotatable bonds is 6. The second kappa shape index (κ2) is 7.33. The molecule has 6 heteroatoms. The SMILES string of the molecule is CCNC(=O)c1ccc(NCCc2ccc(Cl)s2)c(N)c1. The van der Waals surface area contributed by atoms with Gasteiger partial charge in [-0.25, -0.2) is 0 Å². The summed E-state index contributed by atoms with van der Waals surface area (Å²) in [5.74, 6) is -0.107. The van der Waals surface area contributed by atoms with Crippen molar-refractivity contribution in [1.29, 1.82) is 0 Å². The Morgan fingerprint density at radius 3 is 2.76 bits per heavy atom. The highest BCUT2D eigenvalue weighted by atomic mass is 35.5. The normalized spacial score (nSPS) is 10.4. The molecule has 4 nitrogen and oxygen atoms in total. The number of carbonyl (C=O) groups is 1. The quantitative estimate of drug-likeness (QED) is 0.714. The van der Waals surface area contributed by atoms with Gasteiger partial charge in [0.05, 0.1) is 15.7 Å². The number of hydrogen-bond donors (Lipinski definition) is 3. The van der Waals surface area contributed by atoms with Gasteiger partial charge in [0.2, 0.25) is 0 Å². The molecule has 0 aliphatic rings. The van der Waals surface area contributed by atoms with E-state index in [0.717, 1.165) is 23.0 Å². The highest BCUT2D eigenvalue weighted by Gasteiger charge is 2.07. The van der Waals surface area contributed by atoms with Crippen molar-refractivity contribution in [1.82, 2.24) is 5.32 Å². The molecule has 0 unspecified atom stereocenters. The molecule has 0 atom stereocenters. The zero-order chi connectivity index (χ0) is 15.2. The topological polar surface area (TPSA) is 67.2 Å². The molecule has 0 saturated carbocycles. The van der Waals surface area contributed by atoms with Crippen LogP contribution in [0, 0.1) is 0 Å². The molecule has 1 aromatic carbocycles. The number of amides is 1. The molecule has 2 aromatic rings. The smallest absolute Gasteiger partial charge is 0.251 e. The van der Waals surface area contributed by atoms with E-state index < -0.39 is 0 Å². The number of nitrogens with one attached hydrogen (secondary N) is 2. The van der Waals surface area contributed by atoms with Crippen LogP contribution in [0.15, 0.2) is 30.3 Å². The molecule has 0 aliphatic carbocycles. The Morgan fingerprint density at radius 2 is 2.14 bits per heavy atom. The molecule has 1 amide bonds. The maximum atomic E-state index is 11.7. The van der Waals surface area contributed by atoms with Gasteiger partial charge >= 0.3 is 0 Å². The van der Waals surface area contributed by atoms with Crippen LogP contribution in [0.2, 0.25) is 4.34 Å². The Balaban J connectivity index is 1.93. The third kappa shape index (κ3) is 4.37. The lowest BCUT2D eigenvalue weighted by Crippen LogP contribution is -2.22. The number of benzene rings is 1. The molecule has 0 fully saturated rings. The molecule has 0 bridgehead atoms. The van der Waals surface area contributed by atoms with Crippen LogP contribution in [-0.4, -0.2) is 19.0 Å². The molecule has 1 aromatic heterocycles. The van der Waals surface area contributed by atoms with E-state index in [1.807, 2.05) is 25.1 Å². The summed E-state index contributed by atoms with van der Waals surface area (Å²) in [6.45, 7) is 3.25. The molecule has 2 rings (SSSR count). The van der Waals surface area contributed by atoms with Crippen molar-refractivity contribution < 1.29 is 4.79 Å². The third-order valence-electron chi connectivity index (χ3n) is 2.97. The molecule has 1 heterocycles. The molecule has 0 saturated heterocycles. The second-order valence-corrected chi connectivity index (χ2v) is 6.34. The lowest BCUT2D eigenvalue weighted by atomic mass is 10.1. The van der Waals surface area contributed by atoms with E-state index in [1.165, 1.54) is 4.88 Å². The van der Waals surface area contributed by atoms with Gasteiger partial charge in [0.15, 0.2) is 0 Å². The first-order valence-electron chi connectivity index (χ1n) is 6.76. The average molecular weight is 324 g/mol. The summed E-state index contributed by atoms with van der Waals surface area (Å²) >= 11 is 7.47. The Labute approximate surface area is 133 Å². The van der Waals surface area contributed by atoms with Crippen LogP contribution in [0.4, 0.5) is 11.4 Å². The first-order chi connectivity index (χ1) is 10.1. The number of hydrogen-bond acceptors (Lipinski definition) is 4. The molecular weight excluding hydrogens is 306 g/mol. The van der Waals surface area contributed by atoms with Crippen molar-refractivity contribution in [2.75, 3.05) is 24.1 Å². The summed E-state index contributed by atoms with van der Waals surface area (Å²) in [7, 11) is 0. The minimum absolute atomic E-state index is 0.107. The first kappa shape index (κ1) is 15.7. The largest absolute Gasteiger partial charge is 0.397 e. The number of thiophene rings is 1. The van der Waals surface area contributed by atoms with E-state index in [4.69, 9.17) is 17.3 Å². The monoisotopic (exact) mass is 323 g/mol. The molecular formula is C15H18ClN3OS. The summed E-state index contributed by atoms with van der Waals surface area (Å²) in [5.41, 5.74) is 7.96. The van der Waals surface area contributed by atoms with Crippen molar-refractivity contribution >= 4 is 40.2 Å². The van der Waals surface area contributed by atoms with Crippen molar-refractivity contribution in [3.63, 3.8) is 0 Å². The molecule has 21 heavy (non-hydrogen) atoms. The summed E-state index contributed by atoms with van der Waals surface area (Å²) in [6.07, 6.45) is 0.884. The second-order valence-electron chi connectivity index (χ2n) is 4.54. The minimum Gasteiger partial charge on any atom is -0.397 e. The Bertz CT molecular complexity index is 627. The highest BCUT2D eigenvalue weighted by Crippen LogP contribution is 2.23. The van der Waals surface area contributed by atoms with Gasteiger partial charge in [0.25, 0.3) is 5.91 Å². The number of halogens is 1. The van der Waals surface area contributed by atoms with Gasteiger partial charge in [0, 0.05) is 23.5 Å². The Morgan fingerprint density at radius 1 is 1.33 bits per heavy atom. The zero-order valence-corrected chi connectivity index (χ0v) is 13.4. The number of anilines is 2. The maximum Gasteiger partial charge on any atom is 0.251 e. The molecule has 0 spiro atoms. The van der Waals surface area contributed by atoms with Crippen molar-refractivity contribution in [2.45, 2.75) is 13.3 Å². The van der Waals surface area contributed by atoms with E-state index in [2.05, 4.69) is 10.6 Å².